The number of hydrogen-bond acceptors (Lipinski definition) is 1. The molecule has 1 N–H and O–H groups in total. The van der Waals surface area contributed by atoms with E-state index in [4.69, 9.17) is 5.11 Å². The molecule has 6 heavy (non-hydrogen) atoms. The average Bonchev–Trinajstić information content (AvgIpc) is 1.35. The van der Waals surface area contributed by atoms with Crippen LogP contribution in [0.1, 0.15) is 6.92 Å². The van der Waals surface area contributed by atoms with E-state index < -0.39 is 0 Å². The van der Waals surface area contributed by atoms with Gasteiger partial charge in [0.15, 0.2) is 0 Å². The van der Waals surface area contributed by atoms with Gasteiger partial charge >= 0.3 is 0 Å². The first kappa shape index (κ1) is 6.43. The molecule has 2 heteroatoms. The fraction of sp³-hybridized carbons (Fsp3) is 0.500. The molecule has 0 radical (unpaired) electrons. The summed E-state index contributed by atoms with van der Waals surface area (Å²) in [7, 11) is 0. The molecule has 0 amide bonds. The van der Waals surface area contributed by atoms with Crippen LogP contribution in [0.15, 0.2) is 10.2 Å². The van der Waals surface area contributed by atoms with Crippen LogP contribution in [0.4, 0.5) is 0 Å². The third-order valence-electron chi connectivity index (χ3n) is 0.351. The van der Waals surface area contributed by atoms with Crippen molar-refractivity contribution in [3.63, 3.8) is 0 Å². The first-order chi connectivity index (χ1) is 2.77. The smallest absolute Gasteiger partial charge is 0.0700 e. The first-order valence-electron chi connectivity index (χ1n) is 1.72. The van der Waals surface area contributed by atoms with Crippen LogP contribution in [-0.2, 0) is 0 Å². The predicted molar refractivity (Wildman–Crippen MR) is 34.8 cm³/mol. The third kappa shape index (κ3) is 4.43. The Balaban J connectivity index is 3.03. The van der Waals surface area contributed by atoms with Crippen LogP contribution in [0.5, 0.6) is 0 Å². The molecule has 0 fully saturated rings. The summed E-state index contributed by atoms with van der Waals surface area (Å²) in [5, 5.41) is 8.46. The lowest BCUT2D eigenvalue weighted by Crippen LogP contribution is -1.89. The maximum atomic E-state index is 8.46. The maximum Gasteiger partial charge on any atom is 0.0700 e. The number of halogens is 1. The van der Waals surface area contributed by atoms with Crippen molar-refractivity contribution in [3.05, 3.63) is 10.2 Å². The van der Waals surface area contributed by atoms with Crippen molar-refractivity contribution in [2.24, 2.45) is 0 Å². The lowest BCUT2D eigenvalue weighted by Gasteiger charge is -1.86. The molecule has 0 aromatic carbocycles. The highest BCUT2D eigenvalue weighted by molar-refractivity contribution is 14.1. The lowest BCUT2D eigenvalue weighted by molar-refractivity contribution is 0.244. The molecular weight excluding hydrogens is 191 g/mol. The van der Waals surface area contributed by atoms with Gasteiger partial charge in [-0.3, -0.25) is 0 Å². The monoisotopic (exact) mass is 198 g/mol. The van der Waals surface area contributed by atoms with E-state index in [0.29, 0.717) is 0 Å². The molecule has 1 atom stereocenters. The summed E-state index contributed by atoms with van der Waals surface area (Å²) in [5.74, 6) is 0. The standard InChI is InChI=1S/C4H7IO/c1-4(6)2-3-5/h2-4,6H,1H3/b3-2+. The van der Waals surface area contributed by atoms with Crippen LogP contribution in [0.2, 0.25) is 0 Å². The molecule has 0 aliphatic rings. The normalized spacial score (nSPS) is 15.8. The second-order valence-electron chi connectivity index (χ2n) is 1.06. The van der Waals surface area contributed by atoms with Crippen LogP contribution >= 0.6 is 22.6 Å². The number of hydrogen-bond donors (Lipinski definition) is 1. The van der Waals surface area contributed by atoms with Crippen LogP contribution in [-0.4, -0.2) is 11.2 Å². The third-order valence-corrected chi connectivity index (χ3v) is 0.766. The minimum atomic E-state index is -0.290. The molecule has 0 aliphatic heterocycles. The van der Waals surface area contributed by atoms with E-state index in [2.05, 4.69) is 22.6 Å². The summed E-state index contributed by atoms with van der Waals surface area (Å²) in [6, 6.07) is 0. The molecule has 0 heterocycles. The topological polar surface area (TPSA) is 20.2 Å². The van der Waals surface area contributed by atoms with Gasteiger partial charge in [-0.2, -0.15) is 0 Å². The summed E-state index contributed by atoms with van der Waals surface area (Å²) in [6.45, 7) is 1.72. The molecule has 0 aromatic rings. The fourth-order valence-corrected chi connectivity index (χ4v) is 0.706. The Morgan fingerprint density at radius 1 is 1.83 bits per heavy atom. The molecule has 0 rings (SSSR count). The van der Waals surface area contributed by atoms with E-state index >= 15 is 0 Å². The van der Waals surface area contributed by atoms with E-state index in [9.17, 15) is 0 Å². The number of rotatable bonds is 1. The van der Waals surface area contributed by atoms with E-state index in [1.807, 2.05) is 0 Å². The largest absolute Gasteiger partial charge is 0.389 e. The second-order valence-corrected chi connectivity index (χ2v) is 1.78. The predicted octanol–water partition coefficient (Wildman–Crippen LogP) is 1.32. The summed E-state index contributed by atoms with van der Waals surface area (Å²) in [5.41, 5.74) is 0. The maximum absolute atomic E-state index is 8.46. The van der Waals surface area contributed by atoms with Crippen molar-refractivity contribution in [1.82, 2.24) is 0 Å². The lowest BCUT2D eigenvalue weighted by atomic mass is 10.4. The first-order valence-corrected chi connectivity index (χ1v) is 2.97. The van der Waals surface area contributed by atoms with Crippen molar-refractivity contribution in [2.45, 2.75) is 13.0 Å². The van der Waals surface area contributed by atoms with Gasteiger partial charge in [-0.25, -0.2) is 0 Å². The molecular formula is C4H7IO. The molecule has 1 nitrogen and oxygen atoms in total. The Morgan fingerprint density at radius 3 is 2.33 bits per heavy atom. The number of aliphatic hydroxyl groups excluding tert-OH is 1. The van der Waals surface area contributed by atoms with Crippen LogP contribution in [0.3, 0.4) is 0 Å². The Bertz CT molecular complexity index is 49.5. The average molecular weight is 198 g/mol. The summed E-state index contributed by atoms with van der Waals surface area (Å²) in [4.78, 5) is 0. The highest BCUT2D eigenvalue weighted by Gasteiger charge is 1.78. The van der Waals surface area contributed by atoms with Crippen LogP contribution < -0.4 is 0 Å². The quantitative estimate of drug-likeness (QED) is 0.630. The van der Waals surface area contributed by atoms with Gasteiger partial charge in [-0.05, 0) is 11.0 Å². The van der Waals surface area contributed by atoms with Gasteiger partial charge in [0.05, 0.1) is 6.10 Å². The SMILES string of the molecule is CC(O)/C=C/I. The molecule has 0 saturated carbocycles. The van der Waals surface area contributed by atoms with Crippen molar-refractivity contribution in [1.29, 1.82) is 0 Å². The van der Waals surface area contributed by atoms with Gasteiger partial charge in [0.25, 0.3) is 0 Å². The molecule has 1 unspecified atom stereocenters. The molecule has 36 valence electrons. The van der Waals surface area contributed by atoms with E-state index in [0.717, 1.165) is 0 Å². The van der Waals surface area contributed by atoms with E-state index in [-0.39, 0.29) is 6.10 Å². The van der Waals surface area contributed by atoms with Crippen molar-refractivity contribution >= 4 is 22.6 Å². The van der Waals surface area contributed by atoms with Gasteiger partial charge in [-0.1, -0.05) is 28.7 Å². The fourth-order valence-electron chi connectivity index (χ4n) is 0.105. The van der Waals surface area contributed by atoms with E-state index in [1.54, 1.807) is 17.1 Å². The molecule has 0 bridgehead atoms. The molecule has 0 saturated heterocycles. The van der Waals surface area contributed by atoms with Crippen LogP contribution in [0, 0.1) is 0 Å². The Morgan fingerprint density at radius 2 is 2.33 bits per heavy atom. The highest BCUT2D eigenvalue weighted by atomic mass is 127. The zero-order chi connectivity index (χ0) is 4.99. The summed E-state index contributed by atoms with van der Waals surface area (Å²) in [6.07, 6.45) is 1.42. The molecule has 0 spiro atoms. The van der Waals surface area contributed by atoms with E-state index in [1.165, 1.54) is 0 Å². The van der Waals surface area contributed by atoms with Gasteiger partial charge in [0, 0.05) is 0 Å². The summed E-state index contributed by atoms with van der Waals surface area (Å²) >= 11 is 2.06. The van der Waals surface area contributed by atoms with Gasteiger partial charge in [0.2, 0.25) is 0 Å². The minimum absolute atomic E-state index is 0.290. The van der Waals surface area contributed by atoms with Gasteiger partial charge in [0.1, 0.15) is 0 Å². The van der Waals surface area contributed by atoms with Gasteiger partial charge < -0.3 is 5.11 Å². The zero-order valence-electron chi connectivity index (χ0n) is 3.56. The zero-order valence-corrected chi connectivity index (χ0v) is 5.71. The van der Waals surface area contributed by atoms with Crippen LogP contribution in [0.25, 0.3) is 0 Å². The Labute approximate surface area is 51.2 Å². The molecule has 0 aromatic heterocycles. The van der Waals surface area contributed by atoms with Crippen molar-refractivity contribution < 1.29 is 5.11 Å². The second kappa shape index (κ2) is 3.61. The summed E-state index contributed by atoms with van der Waals surface area (Å²) < 4.78 is 1.79. The Kier molecular flexibility index (Phi) is 3.87. The highest BCUT2D eigenvalue weighted by Crippen LogP contribution is 1.87. The van der Waals surface area contributed by atoms with Gasteiger partial charge in [-0.15, -0.1) is 0 Å². The minimum Gasteiger partial charge on any atom is -0.389 e. The van der Waals surface area contributed by atoms with Crippen molar-refractivity contribution in [3.8, 4) is 0 Å². The number of aliphatic hydroxyl groups is 1. The molecule has 0 aliphatic carbocycles. The van der Waals surface area contributed by atoms with Crippen molar-refractivity contribution in [2.75, 3.05) is 0 Å². The Hall–Kier alpha value is 0.430.